The van der Waals surface area contributed by atoms with Crippen molar-refractivity contribution in [3.63, 3.8) is 0 Å². The van der Waals surface area contributed by atoms with Crippen LogP contribution in [0.2, 0.25) is 0 Å². The first-order valence-electron chi connectivity index (χ1n) is 8.91. The number of nitrogens with zero attached hydrogens (tertiary/aromatic N) is 4. The van der Waals surface area contributed by atoms with Crippen molar-refractivity contribution in [2.24, 2.45) is 4.99 Å². The standard InChI is InChI=1S/C16H29N7O/c1-3-14-22-20-12-23(14)11-10-19-16(17-4-2)18-9-5-6-15(24)21-13-7-8-13/h12-13H,3-11H2,1-2H3,(H,21,24)(H2,17,18,19). The zero-order valence-corrected chi connectivity index (χ0v) is 14.7. The van der Waals surface area contributed by atoms with Crippen molar-refractivity contribution in [1.82, 2.24) is 30.7 Å². The van der Waals surface area contributed by atoms with Gasteiger partial charge in [0.05, 0.1) is 0 Å². The predicted molar refractivity (Wildman–Crippen MR) is 93.8 cm³/mol. The molecule has 1 aromatic heterocycles. The molecule has 0 aliphatic heterocycles. The zero-order chi connectivity index (χ0) is 17.2. The van der Waals surface area contributed by atoms with Crippen LogP contribution >= 0.6 is 0 Å². The third-order valence-electron chi connectivity index (χ3n) is 3.78. The van der Waals surface area contributed by atoms with E-state index in [2.05, 4.69) is 38.1 Å². The van der Waals surface area contributed by atoms with E-state index in [0.29, 0.717) is 19.0 Å². The minimum Gasteiger partial charge on any atom is -0.357 e. The van der Waals surface area contributed by atoms with E-state index in [1.54, 1.807) is 6.33 Å². The van der Waals surface area contributed by atoms with Gasteiger partial charge in [0, 0.05) is 45.1 Å². The van der Waals surface area contributed by atoms with Gasteiger partial charge < -0.3 is 20.5 Å². The Hall–Kier alpha value is -2.12. The highest BCUT2D eigenvalue weighted by Crippen LogP contribution is 2.18. The number of aromatic nitrogens is 3. The third-order valence-corrected chi connectivity index (χ3v) is 3.78. The van der Waals surface area contributed by atoms with Crippen LogP contribution in [0.5, 0.6) is 0 Å². The average Bonchev–Trinajstić information content (AvgIpc) is 3.26. The van der Waals surface area contributed by atoms with Crippen LogP contribution in [0.1, 0.15) is 45.4 Å². The van der Waals surface area contributed by atoms with Gasteiger partial charge in [0.2, 0.25) is 5.91 Å². The van der Waals surface area contributed by atoms with Crippen molar-refractivity contribution in [3.05, 3.63) is 12.2 Å². The number of nitrogens with one attached hydrogen (secondary N) is 3. The minimum atomic E-state index is 0.144. The number of aliphatic imine (C=N–C) groups is 1. The number of aryl methyl sites for hydroxylation is 1. The summed E-state index contributed by atoms with van der Waals surface area (Å²) in [6.07, 6.45) is 6.19. The molecule has 2 rings (SSSR count). The van der Waals surface area contributed by atoms with Crippen molar-refractivity contribution in [2.45, 2.75) is 58.5 Å². The smallest absolute Gasteiger partial charge is 0.220 e. The lowest BCUT2D eigenvalue weighted by Gasteiger charge is -2.12. The fraction of sp³-hybridized carbons (Fsp3) is 0.750. The molecule has 1 fully saturated rings. The highest BCUT2D eigenvalue weighted by Gasteiger charge is 2.22. The molecule has 1 aromatic rings. The van der Waals surface area contributed by atoms with Crippen molar-refractivity contribution in [2.75, 3.05) is 19.6 Å². The average molecular weight is 335 g/mol. The van der Waals surface area contributed by atoms with Gasteiger partial charge in [-0.2, -0.15) is 0 Å². The molecule has 8 nitrogen and oxygen atoms in total. The van der Waals surface area contributed by atoms with Crippen molar-refractivity contribution >= 4 is 11.9 Å². The summed E-state index contributed by atoms with van der Waals surface area (Å²) in [5.74, 6) is 1.91. The molecule has 0 bridgehead atoms. The molecule has 0 spiro atoms. The molecule has 24 heavy (non-hydrogen) atoms. The van der Waals surface area contributed by atoms with Crippen LogP contribution < -0.4 is 16.0 Å². The number of hydrogen-bond donors (Lipinski definition) is 3. The van der Waals surface area contributed by atoms with Crippen LogP contribution in [-0.4, -0.2) is 52.3 Å². The maximum atomic E-state index is 11.6. The van der Waals surface area contributed by atoms with Gasteiger partial charge in [0.1, 0.15) is 12.2 Å². The summed E-state index contributed by atoms with van der Waals surface area (Å²) in [6, 6.07) is 0.436. The Balaban J connectivity index is 1.66. The maximum Gasteiger partial charge on any atom is 0.220 e. The van der Waals surface area contributed by atoms with Gasteiger partial charge in [0.25, 0.3) is 0 Å². The summed E-state index contributed by atoms with van der Waals surface area (Å²) in [5, 5.41) is 17.5. The lowest BCUT2D eigenvalue weighted by Crippen LogP contribution is -2.39. The van der Waals surface area contributed by atoms with Gasteiger partial charge in [-0.15, -0.1) is 10.2 Å². The van der Waals surface area contributed by atoms with E-state index >= 15 is 0 Å². The monoisotopic (exact) mass is 335 g/mol. The number of carbonyl (C=O) groups is 1. The second-order valence-corrected chi connectivity index (χ2v) is 5.93. The fourth-order valence-corrected chi connectivity index (χ4v) is 2.33. The molecule has 1 aliphatic carbocycles. The normalized spacial score (nSPS) is 14.5. The van der Waals surface area contributed by atoms with Gasteiger partial charge in [0.15, 0.2) is 5.96 Å². The Morgan fingerprint density at radius 2 is 2.21 bits per heavy atom. The lowest BCUT2D eigenvalue weighted by molar-refractivity contribution is -0.121. The van der Waals surface area contributed by atoms with Crippen LogP contribution in [0, 0.1) is 0 Å². The first-order valence-corrected chi connectivity index (χ1v) is 8.91. The molecular weight excluding hydrogens is 306 g/mol. The minimum absolute atomic E-state index is 0.144. The molecule has 1 amide bonds. The van der Waals surface area contributed by atoms with Gasteiger partial charge >= 0.3 is 0 Å². The van der Waals surface area contributed by atoms with E-state index in [-0.39, 0.29) is 5.91 Å². The summed E-state index contributed by atoms with van der Waals surface area (Å²) in [5.41, 5.74) is 0. The molecule has 1 heterocycles. The van der Waals surface area contributed by atoms with E-state index in [1.165, 1.54) is 0 Å². The highest BCUT2D eigenvalue weighted by molar-refractivity contribution is 5.79. The molecule has 3 N–H and O–H groups in total. The molecular formula is C16H29N7O. The summed E-state index contributed by atoms with van der Waals surface area (Å²) in [7, 11) is 0. The van der Waals surface area contributed by atoms with E-state index in [1.807, 2.05) is 11.5 Å². The quantitative estimate of drug-likeness (QED) is 0.328. The fourth-order valence-electron chi connectivity index (χ4n) is 2.33. The van der Waals surface area contributed by atoms with Crippen LogP contribution in [0.3, 0.4) is 0 Å². The summed E-state index contributed by atoms with van der Waals surface area (Å²) in [4.78, 5) is 16.1. The van der Waals surface area contributed by atoms with Crippen molar-refractivity contribution in [1.29, 1.82) is 0 Å². The number of amides is 1. The molecule has 8 heteroatoms. The second-order valence-electron chi connectivity index (χ2n) is 5.93. The van der Waals surface area contributed by atoms with E-state index in [9.17, 15) is 4.79 Å². The topological polar surface area (TPSA) is 96.2 Å². The predicted octanol–water partition coefficient (Wildman–Crippen LogP) is 0.454. The number of carbonyl (C=O) groups excluding carboxylic acids is 1. The van der Waals surface area contributed by atoms with Gasteiger partial charge in [-0.3, -0.25) is 9.79 Å². The number of rotatable bonds is 10. The van der Waals surface area contributed by atoms with Gasteiger partial charge in [-0.1, -0.05) is 6.92 Å². The van der Waals surface area contributed by atoms with E-state index < -0.39 is 0 Å². The Labute approximate surface area is 143 Å². The molecule has 1 saturated carbocycles. The zero-order valence-electron chi connectivity index (χ0n) is 14.7. The number of guanidine groups is 1. The van der Waals surface area contributed by atoms with Crippen LogP contribution in [0.15, 0.2) is 11.3 Å². The molecule has 0 unspecified atom stereocenters. The van der Waals surface area contributed by atoms with Crippen LogP contribution in [0.4, 0.5) is 0 Å². The van der Waals surface area contributed by atoms with Gasteiger partial charge in [-0.25, -0.2) is 0 Å². The SMILES string of the molecule is CCNC(=NCCCC(=O)NC1CC1)NCCn1cnnc1CC. The lowest BCUT2D eigenvalue weighted by atomic mass is 10.3. The van der Waals surface area contributed by atoms with E-state index in [4.69, 9.17) is 0 Å². The molecule has 0 saturated heterocycles. The van der Waals surface area contributed by atoms with Crippen LogP contribution in [0.25, 0.3) is 0 Å². The third kappa shape index (κ3) is 6.55. The van der Waals surface area contributed by atoms with E-state index in [0.717, 1.165) is 57.1 Å². The Bertz CT molecular complexity index is 536. The largest absolute Gasteiger partial charge is 0.357 e. The molecule has 0 atom stereocenters. The first kappa shape index (κ1) is 18.2. The summed E-state index contributed by atoms with van der Waals surface area (Å²) in [6.45, 7) is 7.10. The molecule has 0 aromatic carbocycles. The van der Waals surface area contributed by atoms with Crippen molar-refractivity contribution in [3.8, 4) is 0 Å². The highest BCUT2D eigenvalue weighted by atomic mass is 16.1. The Morgan fingerprint density at radius 3 is 2.92 bits per heavy atom. The van der Waals surface area contributed by atoms with Gasteiger partial charge in [-0.05, 0) is 26.2 Å². The molecule has 134 valence electrons. The molecule has 1 aliphatic rings. The second kappa shape index (κ2) is 9.89. The Morgan fingerprint density at radius 1 is 1.38 bits per heavy atom. The summed E-state index contributed by atoms with van der Waals surface area (Å²) < 4.78 is 2.04. The maximum absolute atomic E-state index is 11.6. The molecule has 0 radical (unpaired) electrons. The first-order chi connectivity index (χ1) is 11.7. The summed E-state index contributed by atoms with van der Waals surface area (Å²) >= 11 is 0. The van der Waals surface area contributed by atoms with Crippen LogP contribution in [-0.2, 0) is 17.8 Å². The Kier molecular flexibility index (Phi) is 7.51. The number of hydrogen-bond acceptors (Lipinski definition) is 4. The van der Waals surface area contributed by atoms with Crippen molar-refractivity contribution < 1.29 is 4.79 Å².